The van der Waals surface area contributed by atoms with Gasteiger partial charge in [0, 0.05) is 18.1 Å². The largest absolute Gasteiger partial charge is 0.489 e. The average Bonchev–Trinajstić information content (AvgIpc) is 2.97. The summed E-state index contributed by atoms with van der Waals surface area (Å²) in [5, 5.41) is 6.81. The van der Waals surface area contributed by atoms with Crippen LogP contribution in [-0.2, 0) is 13.0 Å². The number of nitrogens with one attached hydrogen (secondary N) is 1. The Morgan fingerprint density at radius 3 is 2.67 bits per heavy atom. The molecule has 0 aliphatic carbocycles. The maximum Gasteiger partial charge on any atom is 0.251 e. The van der Waals surface area contributed by atoms with Crippen molar-refractivity contribution in [2.75, 3.05) is 6.61 Å². The zero-order chi connectivity index (χ0) is 17.5. The molecule has 0 radical (unpaired) electrons. The molecular weight excluding hydrogens is 304 g/mol. The highest BCUT2D eigenvalue weighted by molar-refractivity contribution is 5.94. The van der Waals surface area contributed by atoms with Gasteiger partial charge in [0.25, 0.3) is 5.91 Å². The third-order valence-electron chi connectivity index (χ3n) is 3.25. The van der Waals surface area contributed by atoms with Gasteiger partial charge < -0.3 is 14.6 Å². The molecule has 0 aliphatic rings. The summed E-state index contributed by atoms with van der Waals surface area (Å²) in [6.45, 7) is 10.7. The topological polar surface area (TPSA) is 64.4 Å². The second-order valence-corrected chi connectivity index (χ2v) is 6.34. The van der Waals surface area contributed by atoms with E-state index in [1.54, 1.807) is 24.3 Å². The smallest absolute Gasteiger partial charge is 0.251 e. The Morgan fingerprint density at radius 2 is 2.04 bits per heavy atom. The van der Waals surface area contributed by atoms with Gasteiger partial charge in [-0.05, 0) is 42.7 Å². The summed E-state index contributed by atoms with van der Waals surface area (Å²) < 4.78 is 10.8. The fourth-order valence-electron chi connectivity index (χ4n) is 2.12. The number of rotatable bonds is 8. The molecule has 0 fully saturated rings. The van der Waals surface area contributed by atoms with Gasteiger partial charge in [-0.15, -0.1) is 0 Å². The van der Waals surface area contributed by atoms with E-state index in [9.17, 15) is 4.79 Å². The van der Waals surface area contributed by atoms with Crippen molar-refractivity contribution >= 4 is 5.91 Å². The first-order valence-corrected chi connectivity index (χ1v) is 8.04. The standard InChI is InChI=1S/C19H24N2O3/c1-13(2)9-18-10-16(21-24-18)11-20-19(22)15-5-7-17(8-6-15)23-12-14(3)4/h5-8,10,13H,3,9,11-12H2,1-2,4H3,(H,20,22). The molecule has 2 rings (SSSR count). The molecule has 0 bridgehead atoms. The molecule has 0 spiro atoms. The lowest BCUT2D eigenvalue weighted by Crippen LogP contribution is -2.22. The number of hydrogen-bond acceptors (Lipinski definition) is 4. The van der Waals surface area contributed by atoms with Crippen molar-refractivity contribution < 1.29 is 14.1 Å². The average molecular weight is 328 g/mol. The van der Waals surface area contributed by atoms with E-state index < -0.39 is 0 Å². The number of ether oxygens (including phenoxy) is 1. The van der Waals surface area contributed by atoms with Crippen molar-refractivity contribution in [2.45, 2.75) is 33.7 Å². The molecule has 0 saturated heterocycles. The Balaban J connectivity index is 1.85. The number of nitrogens with zero attached hydrogens (tertiary/aromatic N) is 1. The molecule has 24 heavy (non-hydrogen) atoms. The second kappa shape index (κ2) is 8.34. The van der Waals surface area contributed by atoms with Gasteiger partial charge in [-0.2, -0.15) is 0 Å². The highest BCUT2D eigenvalue weighted by Gasteiger charge is 2.09. The van der Waals surface area contributed by atoms with Crippen LogP contribution in [0, 0.1) is 5.92 Å². The third kappa shape index (κ3) is 5.57. The normalized spacial score (nSPS) is 10.7. The van der Waals surface area contributed by atoms with E-state index in [-0.39, 0.29) is 5.91 Å². The molecule has 1 amide bonds. The highest BCUT2D eigenvalue weighted by Crippen LogP contribution is 2.13. The number of hydrogen-bond donors (Lipinski definition) is 1. The zero-order valence-corrected chi connectivity index (χ0v) is 14.5. The van der Waals surface area contributed by atoms with Crippen LogP contribution in [-0.4, -0.2) is 17.7 Å². The number of aromatic nitrogens is 1. The lowest BCUT2D eigenvalue weighted by Gasteiger charge is -2.07. The molecule has 0 saturated carbocycles. The van der Waals surface area contributed by atoms with Crippen LogP contribution in [0.15, 0.2) is 47.0 Å². The fraction of sp³-hybridized carbons (Fsp3) is 0.368. The predicted octanol–water partition coefficient (Wildman–Crippen LogP) is 3.76. The molecule has 5 nitrogen and oxygen atoms in total. The first-order chi connectivity index (χ1) is 11.4. The van der Waals surface area contributed by atoms with Gasteiger partial charge in [0.15, 0.2) is 0 Å². The van der Waals surface area contributed by atoms with Crippen LogP contribution in [0.5, 0.6) is 5.75 Å². The Hall–Kier alpha value is -2.56. The summed E-state index contributed by atoms with van der Waals surface area (Å²) in [7, 11) is 0. The lowest BCUT2D eigenvalue weighted by atomic mass is 10.1. The van der Waals surface area contributed by atoms with Crippen LogP contribution >= 0.6 is 0 Å². The summed E-state index contributed by atoms with van der Waals surface area (Å²) in [6.07, 6.45) is 0.840. The highest BCUT2D eigenvalue weighted by atomic mass is 16.5. The Morgan fingerprint density at radius 1 is 1.33 bits per heavy atom. The van der Waals surface area contributed by atoms with E-state index in [0.717, 1.165) is 23.4 Å². The van der Waals surface area contributed by atoms with E-state index in [1.165, 1.54) is 0 Å². The Labute approximate surface area is 142 Å². The summed E-state index contributed by atoms with van der Waals surface area (Å²) >= 11 is 0. The SMILES string of the molecule is C=C(C)COc1ccc(C(=O)NCc2cc(CC(C)C)on2)cc1. The van der Waals surface area contributed by atoms with Crippen LogP contribution in [0.2, 0.25) is 0 Å². The predicted molar refractivity (Wildman–Crippen MR) is 93.0 cm³/mol. The number of amides is 1. The van der Waals surface area contributed by atoms with Crippen LogP contribution in [0.3, 0.4) is 0 Å². The maximum atomic E-state index is 12.2. The van der Waals surface area contributed by atoms with Crippen LogP contribution < -0.4 is 10.1 Å². The van der Waals surface area contributed by atoms with Crippen LogP contribution in [0.1, 0.15) is 42.6 Å². The molecular formula is C19H24N2O3. The van der Waals surface area contributed by atoms with Gasteiger partial charge in [-0.3, -0.25) is 4.79 Å². The van der Waals surface area contributed by atoms with Gasteiger partial charge in [0.1, 0.15) is 23.8 Å². The van der Waals surface area contributed by atoms with Crippen molar-refractivity contribution in [3.63, 3.8) is 0 Å². The van der Waals surface area contributed by atoms with Gasteiger partial charge in [0.2, 0.25) is 0 Å². The summed E-state index contributed by atoms with van der Waals surface area (Å²) in [5.74, 6) is 1.90. The number of carbonyl (C=O) groups is 1. The lowest BCUT2D eigenvalue weighted by molar-refractivity contribution is 0.0950. The number of benzene rings is 1. The minimum Gasteiger partial charge on any atom is -0.489 e. The van der Waals surface area contributed by atoms with Crippen molar-refractivity contribution in [3.05, 3.63) is 59.5 Å². The zero-order valence-electron chi connectivity index (χ0n) is 14.5. The molecule has 1 aromatic carbocycles. The van der Waals surface area contributed by atoms with Crippen molar-refractivity contribution in [1.29, 1.82) is 0 Å². The van der Waals surface area contributed by atoms with Gasteiger partial charge in [-0.25, -0.2) is 0 Å². The quantitative estimate of drug-likeness (QED) is 0.749. The molecule has 128 valence electrons. The monoisotopic (exact) mass is 328 g/mol. The summed E-state index contributed by atoms with van der Waals surface area (Å²) in [6, 6.07) is 8.89. The Kier molecular flexibility index (Phi) is 6.18. The van der Waals surface area contributed by atoms with E-state index in [4.69, 9.17) is 9.26 Å². The third-order valence-corrected chi connectivity index (χ3v) is 3.25. The van der Waals surface area contributed by atoms with Crippen molar-refractivity contribution in [1.82, 2.24) is 10.5 Å². The van der Waals surface area contributed by atoms with Gasteiger partial charge >= 0.3 is 0 Å². The minimum atomic E-state index is -0.158. The molecule has 1 heterocycles. The molecule has 5 heteroatoms. The van der Waals surface area contributed by atoms with E-state index in [2.05, 4.69) is 30.9 Å². The van der Waals surface area contributed by atoms with Crippen molar-refractivity contribution in [2.24, 2.45) is 5.92 Å². The van der Waals surface area contributed by atoms with Gasteiger partial charge in [-0.1, -0.05) is 25.6 Å². The fourth-order valence-corrected chi connectivity index (χ4v) is 2.12. The van der Waals surface area contributed by atoms with Gasteiger partial charge in [0.05, 0.1) is 6.54 Å². The molecule has 0 aliphatic heterocycles. The van der Waals surface area contributed by atoms with Crippen molar-refractivity contribution in [3.8, 4) is 5.75 Å². The maximum absolute atomic E-state index is 12.2. The molecule has 1 N–H and O–H groups in total. The van der Waals surface area contributed by atoms with E-state index in [0.29, 0.717) is 30.4 Å². The molecule has 1 aromatic heterocycles. The second-order valence-electron chi connectivity index (χ2n) is 6.34. The minimum absolute atomic E-state index is 0.158. The molecule has 0 unspecified atom stereocenters. The van der Waals surface area contributed by atoms with Crippen LogP contribution in [0.4, 0.5) is 0 Å². The first-order valence-electron chi connectivity index (χ1n) is 8.04. The van der Waals surface area contributed by atoms with E-state index >= 15 is 0 Å². The summed E-state index contributed by atoms with van der Waals surface area (Å²) in [4.78, 5) is 12.2. The van der Waals surface area contributed by atoms with E-state index in [1.807, 2.05) is 13.0 Å². The number of carbonyl (C=O) groups excluding carboxylic acids is 1. The Bertz CT molecular complexity index is 687. The first kappa shape index (κ1) is 17.8. The molecule has 0 atom stereocenters. The van der Waals surface area contributed by atoms with Crippen LogP contribution in [0.25, 0.3) is 0 Å². The molecule has 2 aromatic rings. The summed E-state index contributed by atoms with van der Waals surface area (Å²) in [5.41, 5.74) is 2.24.